The Kier molecular flexibility index (Phi) is 5.83. The maximum absolute atomic E-state index is 13.9. The lowest BCUT2D eigenvalue weighted by molar-refractivity contribution is -0.114. The average Bonchev–Trinajstić information content (AvgIpc) is 2.88. The fourth-order valence-electron chi connectivity index (χ4n) is 2.73. The minimum atomic E-state index is -0.579. The van der Waals surface area contributed by atoms with Gasteiger partial charge in [0.25, 0.3) is 5.91 Å². The Morgan fingerprint density at radius 2 is 2.14 bits per heavy atom. The highest BCUT2D eigenvalue weighted by molar-refractivity contribution is 7.99. The molecular formula is C16H21FN2O2S. The van der Waals surface area contributed by atoms with Gasteiger partial charge in [0.1, 0.15) is 5.82 Å². The molecule has 1 aliphatic carbocycles. The molecular weight excluding hydrogens is 303 g/mol. The molecule has 2 amide bonds. The van der Waals surface area contributed by atoms with E-state index in [1.807, 2.05) is 11.8 Å². The number of thioether (sulfide) groups is 1. The lowest BCUT2D eigenvalue weighted by Crippen LogP contribution is -2.39. The van der Waals surface area contributed by atoms with Crippen LogP contribution in [0, 0.1) is 5.82 Å². The van der Waals surface area contributed by atoms with E-state index < -0.39 is 11.7 Å². The van der Waals surface area contributed by atoms with E-state index in [0.717, 1.165) is 25.0 Å². The number of hydrogen-bond donors (Lipinski definition) is 2. The van der Waals surface area contributed by atoms with Crippen LogP contribution in [0.25, 0.3) is 0 Å². The predicted molar refractivity (Wildman–Crippen MR) is 87.7 cm³/mol. The molecule has 1 fully saturated rings. The van der Waals surface area contributed by atoms with Crippen molar-refractivity contribution in [3.63, 3.8) is 0 Å². The number of amides is 2. The van der Waals surface area contributed by atoms with E-state index in [-0.39, 0.29) is 17.5 Å². The number of halogens is 1. The number of carbonyl (C=O) groups is 2. The lowest BCUT2D eigenvalue weighted by Gasteiger charge is -2.20. The maximum Gasteiger partial charge on any atom is 0.254 e. The zero-order chi connectivity index (χ0) is 16.1. The van der Waals surface area contributed by atoms with E-state index in [1.165, 1.54) is 25.1 Å². The number of rotatable bonds is 5. The van der Waals surface area contributed by atoms with Crippen molar-refractivity contribution in [2.45, 2.75) is 44.4 Å². The van der Waals surface area contributed by atoms with E-state index in [1.54, 1.807) is 0 Å². The fraction of sp³-hybridized carbons (Fsp3) is 0.500. The Balaban J connectivity index is 2.10. The van der Waals surface area contributed by atoms with Crippen LogP contribution in [-0.4, -0.2) is 28.9 Å². The van der Waals surface area contributed by atoms with Crippen LogP contribution < -0.4 is 10.6 Å². The smallest absolute Gasteiger partial charge is 0.254 e. The van der Waals surface area contributed by atoms with Crippen LogP contribution in [0.2, 0.25) is 0 Å². The van der Waals surface area contributed by atoms with Crippen LogP contribution in [-0.2, 0) is 4.79 Å². The van der Waals surface area contributed by atoms with Crippen molar-refractivity contribution in [3.8, 4) is 0 Å². The first-order valence-electron chi connectivity index (χ1n) is 7.51. The number of benzene rings is 1. The van der Waals surface area contributed by atoms with Gasteiger partial charge < -0.3 is 10.6 Å². The van der Waals surface area contributed by atoms with Crippen LogP contribution >= 0.6 is 11.8 Å². The van der Waals surface area contributed by atoms with Gasteiger partial charge in [0, 0.05) is 23.9 Å². The number of anilines is 1. The van der Waals surface area contributed by atoms with Crippen molar-refractivity contribution in [1.29, 1.82) is 0 Å². The lowest BCUT2D eigenvalue weighted by atomic mass is 10.1. The molecule has 0 bridgehead atoms. The second kappa shape index (κ2) is 7.63. The minimum Gasteiger partial charge on any atom is -0.348 e. The zero-order valence-corrected chi connectivity index (χ0v) is 13.6. The summed E-state index contributed by atoms with van der Waals surface area (Å²) in [5.41, 5.74) is 0.392. The first kappa shape index (κ1) is 16.8. The first-order chi connectivity index (χ1) is 10.5. The maximum atomic E-state index is 13.9. The molecule has 2 atom stereocenters. The molecule has 1 aliphatic rings. The van der Waals surface area contributed by atoms with Crippen molar-refractivity contribution in [3.05, 3.63) is 29.6 Å². The van der Waals surface area contributed by atoms with Gasteiger partial charge >= 0.3 is 0 Å². The zero-order valence-electron chi connectivity index (χ0n) is 12.8. The van der Waals surface area contributed by atoms with Gasteiger partial charge in [-0.2, -0.15) is 11.8 Å². The third kappa shape index (κ3) is 4.22. The largest absolute Gasteiger partial charge is 0.348 e. The van der Waals surface area contributed by atoms with Gasteiger partial charge in [0.15, 0.2) is 0 Å². The van der Waals surface area contributed by atoms with Gasteiger partial charge in [0.2, 0.25) is 5.91 Å². The second-order valence-corrected chi connectivity index (χ2v) is 6.90. The Bertz CT molecular complexity index is 565. The standard InChI is InChI=1S/C16H21FN2O2S/c1-3-22-15-6-4-5-14(15)19-16(21)12-9-11(18-10(2)20)7-8-13(12)17/h7-9,14-15H,3-6H2,1-2H3,(H,18,20)(H,19,21)/t14-,15-/m1/s1. The van der Waals surface area contributed by atoms with Crippen molar-refractivity contribution >= 4 is 29.3 Å². The summed E-state index contributed by atoms with van der Waals surface area (Å²) >= 11 is 1.83. The Hall–Kier alpha value is -1.56. The quantitative estimate of drug-likeness (QED) is 0.874. The summed E-state index contributed by atoms with van der Waals surface area (Å²) in [6, 6.07) is 4.11. The Morgan fingerprint density at radius 1 is 1.36 bits per heavy atom. The fourth-order valence-corrected chi connectivity index (χ4v) is 3.93. The Morgan fingerprint density at radius 3 is 2.82 bits per heavy atom. The van der Waals surface area contributed by atoms with Gasteiger partial charge in [-0.25, -0.2) is 4.39 Å². The van der Waals surface area contributed by atoms with Crippen molar-refractivity contribution in [1.82, 2.24) is 5.32 Å². The van der Waals surface area contributed by atoms with E-state index in [4.69, 9.17) is 0 Å². The van der Waals surface area contributed by atoms with Crippen molar-refractivity contribution in [2.75, 3.05) is 11.1 Å². The summed E-state index contributed by atoms with van der Waals surface area (Å²) in [4.78, 5) is 23.4. The van der Waals surface area contributed by atoms with Crippen LogP contribution in [0.5, 0.6) is 0 Å². The molecule has 120 valence electrons. The molecule has 4 nitrogen and oxygen atoms in total. The number of hydrogen-bond acceptors (Lipinski definition) is 3. The molecule has 0 spiro atoms. The predicted octanol–water partition coefficient (Wildman–Crippen LogP) is 3.19. The van der Waals surface area contributed by atoms with Crippen LogP contribution in [0.4, 0.5) is 10.1 Å². The highest BCUT2D eigenvalue weighted by Crippen LogP contribution is 2.30. The molecule has 6 heteroatoms. The summed E-state index contributed by atoms with van der Waals surface area (Å²) in [5.74, 6) is -0.251. The second-order valence-electron chi connectivity index (χ2n) is 5.38. The highest BCUT2D eigenvalue weighted by atomic mass is 32.2. The molecule has 0 heterocycles. The van der Waals surface area contributed by atoms with Gasteiger partial charge in [0.05, 0.1) is 5.56 Å². The van der Waals surface area contributed by atoms with E-state index in [2.05, 4.69) is 17.6 Å². The van der Waals surface area contributed by atoms with Gasteiger partial charge in [-0.15, -0.1) is 0 Å². The van der Waals surface area contributed by atoms with Crippen LogP contribution in [0.1, 0.15) is 43.5 Å². The molecule has 1 aromatic carbocycles. The topological polar surface area (TPSA) is 58.2 Å². The normalized spacial score (nSPS) is 20.7. The third-order valence-electron chi connectivity index (χ3n) is 3.68. The van der Waals surface area contributed by atoms with E-state index >= 15 is 0 Å². The summed E-state index contributed by atoms with van der Waals surface area (Å²) in [7, 11) is 0. The molecule has 22 heavy (non-hydrogen) atoms. The SMILES string of the molecule is CCS[C@@H]1CCC[C@H]1NC(=O)c1cc(NC(C)=O)ccc1F. The molecule has 0 aromatic heterocycles. The van der Waals surface area contributed by atoms with Gasteiger partial charge in [-0.3, -0.25) is 9.59 Å². The molecule has 2 rings (SSSR count). The molecule has 1 aromatic rings. The Labute approximate surface area is 134 Å². The molecule has 0 radical (unpaired) electrons. The molecule has 0 aliphatic heterocycles. The number of carbonyl (C=O) groups excluding carboxylic acids is 2. The van der Waals surface area contributed by atoms with E-state index in [0.29, 0.717) is 10.9 Å². The summed E-state index contributed by atoms with van der Waals surface area (Å²) in [6.07, 6.45) is 3.09. The van der Waals surface area contributed by atoms with Crippen LogP contribution in [0.15, 0.2) is 18.2 Å². The highest BCUT2D eigenvalue weighted by Gasteiger charge is 2.29. The van der Waals surface area contributed by atoms with Crippen LogP contribution in [0.3, 0.4) is 0 Å². The molecule has 0 unspecified atom stereocenters. The van der Waals surface area contributed by atoms with Crippen molar-refractivity contribution < 1.29 is 14.0 Å². The summed E-state index contributed by atoms with van der Waals surface area (Å²) < 4.78 is 13.9. The van der Waals surface area contributed by atoms with Gasteiger partial charge in [-0.1, -0.05) is 13.3 Å². The van der Waals surface area contributed by atoms with Crippen molar-refractivity contribution in [2.24, 2.45) is 0 Å². The summed E-state index contributed by atoms with van der Waals surface area (Å²) in [6.45, 7) is 3.46. The molecule has 0 saturated heterocycles. The minimum absolute atomic E-state index is 0.0293. The third-order valence-corrected chi connectivity index (χ3v) is 5.01. The van der Waals surface area contributed by atoms with Gasteiger partial charge in [-0.05, 0) is 36.8 Å². The monoisotopic (exact) mass is 324 g/mol. The molecule has 2 N–H and O–H groups in total. The molecule has 1 saturated carbocycles. The summed E-state index contributed by atoms with van der Waals surface area (Å²) in [5, 5.41) is 5.90. The van der Waals surface area contributed by atoms with E-state index in [9.17, 15) is 14.0 Å². The number of nitrogens with one attached hydrogen (secondary N) is 2. The average molecular weight is 324 g/mol. The first-order valence-corrected chi connectivity index (χ1v) is 8.55.